The third-order valence-corrected chi connectivity index (χ3v) is 6.15. The van der Waals surface area contributed by atoms with Crippen molar-refractivity contribution >= 4 is 5.97 Å². The van der Waals surface area contributed by atoms with Gasteiger partial charge >= 0.3 is 5.97 Å². The number of halogens is 1. The average molecular weight is 438 g/mol. The van der Waals surface area contributed by atoms with Crippen molar-refractivity contribution in [3.8, 4) is 11.4 Å². The molecule has 0 saturated heterocycles. The maximum Gasteiger partial charge on any atom is 0.321 e. The molecule has 6 nitrogen and oxygen atoms in total. The molecule has 2 aromatic carbocycles. The molecule has 1 aromatic heterocycles. The van der Waals surface area contributed by atoms with Crippen molar-refractivity contribution in [2.75, 3.05) is 0 Å². The lowest BCUT2D eigenvalue weighted by Gasteiger charge is -2.15. The number of aromatic nitrogens is 2. The third-order valence-electron chi connectivity index (χ3n) is 6.15. The van der Waals surface area contributed by atoms with Crippen molar-refractivity contribution in [2.24, 2.45) is 0 Å². The van der Waals surface area contributed by atoms with Crippen LogP contribution in [0.3, 0.4) is 0 Å². The molecule has 0 spiro atoms. The van der Waals surface area contributed by atoms with Gasteiger partial charge < -0.3 is 14.9 Å². The summed E-state index contributed by atoms with van der Waals surface area (Å²) in [6.07, 6.45) is 2.13. The van der Waals surface area contributed by atoms with E-state index in [2.05, 4.69) is 41.4 Å². The number of hydrogen-bond donors (Lipinski definition) is 2. The number of rotatable bonds is 9. The van der Waals surface area contributed by atoms with Gasteiger partial charge in [-0.25, -0.2) is 4.39 Å². The van der Waals surface area contributed by atoms with Crippen LogP contribution < -0.4 is 5.32 Å². The van der Waals surface area contributed by atoms with Gasteiger partial charge in [-0.2, -0.15) is 4.98 Å². The molecule has 3 aromatic rings. The van der Waals surface area contributed by atoms with Crippen LogP contribution in [0.4, 0.5) is 4.39 Å². The Bertz CT molecular complexity index is 1100. The van der Waals surface area contributed by atoms with Crippen LogP contribution in [-0.4, -0.2) is 27.3 Å². The van der Waals surface area contributed by atoms with E-state index in [4.69, 9.17) is 4.52 Å². The minimum atomic E-state index is -0.978. The lowest BCUT2D eigenvalue weighted by Crippen LogP contribution is -2.38. The maximum atomic E-state index is 14.8. The Labute approximate surface area is 186 Å². The van der Waals surface area contributed by atoms with Crippen LogP contribution in [0.5, 0.6) is 0 Å². The summed E-state index contributed by atoms with van der Waals surface area (Å²) in [6, 6.07) is 11.9. The quantitative estimate of drug-likeness (QED) is 0.498. The van der Waals surface area contributed by atoms with E-state index in [1.54, 1.807) is 12.1 Å². The van der Waals surface area contributed by atoms with Gasteiger partial charge in [-0.15, -0.1) is 0 Å². The Morgan fingerprint density at radius 2 is 1.88 bits per heavy atom. The monoisotopic (exact) mass is 437 g/mol. The minimum Gasteiger partial charge on any atom is -0.480 e. The predicted molar refractivity (Wildman–Crippen MR) is 119 cm³/mol. The van der Waals surface area contributed by atoms with Crippen LogP contribution in [0.1, 0.15) is 62.1 Å². The fourth-order valence-corrected chi connectivity index (χ4v) is 3.59. The molecule has 7 heteroatoms. The number of aliphatic carboxylic acids is 1. The van der Waals surface area contributed by atoms with Crippen molar-refractivity contribution < 1.29 is 18.8 Å². The van der Waals surface area contributed by atoms with Gasteiger partial charge in [0.25, 0.3) is 0 Å². The number of carbonyl (C=O) groups is 1. The first-order chi connectivity index (χ1) is 15.2. The first-order valence-electron chi connectivity index (χ1n) is 10.9. The number of benzene rings is 2. The Morgan fingerprint density at radius 3 is 2.47 bits per heavy atom. The summed E-state index contributed by atoms with van der Waals surface area (Å²) in [5, 5.41) is 16.6. The first-order valence-corrected chi connectivity index (χ1v) is 10.9. The first kappa shape index (κ1) is 22.1. The van der Waals surface area contributed by atoms with E-state index in [-0.39, 0.29) is 23.2 Å². The Hall–Kier alpha value is -3.06. The van der Waals surface area contributed by atoms with Gasteiger partial charge in [-0.3, -0.25) is 4.79 Å². The minimum absolute atomic E-state index is 0.0862. The molecule has 0 amide bonds. The van der Waals surface area contributed by atoms with Gasteiger partial charge in [0.2, 0.25) is 11.7 Å². The molecule has 0 aliphatic heterocycles. The highest BCUT2D eigenvalue weighted by Crippen LogP contribution is 2.47. The van der Waals surface area contributed by atoms with Gasteiger partial charge in [0.15, 0.2) is 0 Å². The molecule has 32 heavy (non-hydrogen) atoms. The molecule has 2 N–H and O–H groups in total. The topological polar surface area (TPSA) is 88.3 Å². The molecular weight excluding hydrogens is 409 g/mol. The van der Waals surface area contributed by atoms with Crippen LogP contribution in [0, 0.1) is 5.82 Å². The smallest absolute Gasteiger partial charge is 0.321 e. The van der Waals surface area contributed by atoms with E-state index in [1.165, 1.54) is 11.6 Å². The summed E-state index contributed by atoms with van der Waals surface area (Å²) in [6.45, 7) is 6.72. The molecular formula is C25H28FN3O3. The standard InChI is InChI=1S/C25H28FN3O3/c1-15(2)18-7-4-16(5-8-18)14-27-21(23(30)31)13-17-6-9-19(20(26)12-17)22-28-24(32-29-22)25(3)10-11-25/h4-9,12,15,21,27H,10-11,13-14H2,1-3H3,(H,30,31). The SMILES string of the molecule is CC(C)c1ccc(CNC(Cc2ccc(-c3noc(C4(C)CC4)n3)c(F)c2)C(=O)O)cc1. The molecule has 1 aliphatic carbocycles. The van der Waals surface area contributed by atoms with Crippen molar-refractivity contribution in [3.05, 3.63) is 70.9 Å². The number of carboxylic acid groups (broad SMARTS) is 1. The zero-order valence-corrected chi connectivity index (χ0v) is 18.6. The van der Waals surface area contributed by atoms with Crippen molar-refractivity contribution in [3.63, 3.8) is 0 Å². The second kappa shape index (κ2) is 8.82. The lowest BCUT2D eigenvalue weighted by atomic mass is 10.0. The van der Waals surface area contributed by atoms with Crippen molar-refractivity contribution in [1.29, 1.82) is 0 Å². The fourth-order valence-electron chi connectivity index (χ4n) is 3.59. The molecule has 1 heterocycles. The third kappa shape index (κ3) is 4.88. The Morgan fingerprint density at radius 1 is 1.19 bits per heavy atom. The number of hydrogen-bond acceptors (Lipinski definition) is 5. The zero-order chi connectivity index (χ0) is 22.9. The normalized spacial score (nSPS) is 15.7. The number of nitrogens with one attached hydrogen (secondary N) is 1. The number of nitrogens with zero attached hydrogens (tertiary/aromatic N) is 2. The van der Waals surface area contributed by atoms with Gasteiger partial charge in [-0.1, -0.05) is 56.3 Å². The summed E-state index contributed by atoms with van der Waals surface area (Å²) >= 11 is 0. The zero-order valence-electron chi connectivity index (χ0n) is 18.6. The lowest BCUT2D eigenvalue weighted by molar-refractivity contribution is -0.139. The van der Waals surface area contributed by atoms with E-state index < -0.39 is 17.8 Å². The van der Waals surface area contributed by atoms with Crippen LogP contribution in [0.25, 0.3) is 11.4 Å². The summed E-state index contributed by atoms with van der Waals surface area (Å²) in [5.74, 6) is -0.280. The molecule has 1 unspecified atom stereocenters. The van der Waals surface area contributed by atoms with Gasteiger partial charge in [0.05, 0.1) is 5.56 Å². The van der Waals surface area contributed by atoms with Crippen molar-refractivity contribution in [2.45, 2.75) is 64.0 Å². The second-order valence-electron chi connectivity index (χ2n) is 9.17. The molecule has 4 rings (SSSR count). The molecule has 0 radical (unpaired) electrons. The van der Waals surface area contributed by atoms with Crippen LogP contribution in [0.2, 0.25) is 0 Å². The van der Waals surface area contributed by atoms with E-state index in [0.29, 0.717) is 23.9 Å². The Kier molecular flexibility index (Phi) is 6.11. The fraction of sp³-hybridized carbons (Fsp3) is 0.400. The number of carboxylic acids is 1. The average Bonchev–Trinajstić information content (AvgIpc) is 3.31. The highest BCUT2D eigenvalue weighted by molar-refractivity contribution is 5.74. The van der Waals surface area contributed by atoms with Gasteiger partial charge in [0.1, 0.15) is 11.9 Å². The summed E-state index contributed by atoms with van der Waals surface area (Å²) < 4.78 is 20.1. The predicted octanol–water partition coefficient (Wildman–Crippen LogP) is 4.84. The maximum absolute atomic E-state index is 14.8. The van der Waals surface area contributed by atoms with E-state index in [0.717, 1.165) is 18.4 Å². The molecule has 1 atom stereocenters. The summed E-state index contributed by atoms with van der Waals surface area (Å²) in [4.78, 5) is 16.1. The van der Waals surface area contributed by atoms with Crippen LogP contribution in [0.15, 0.2) is 47.0 Å². The largest absolute Gasteiger partial charge is 0.480 e. The summed E-state index contributed by atoms with van der Waals surface area (Å²) in [5.41, 5.74) is 2.98. The van der Waals surface area contributed by atoms with E-state index in [1.807, 2.05) is 19.1 Å². The van der Waals surface area contributed by atoms with E-state index in [9.17, 15) is 14.3 Å². The molecule has 1 saturated carbocycles. The van der Waals surface area contributed by atoms with E-state index >= 15 is 0 Å². The molecule has 168 valence electrons. The highest BCUT2D eigenvalue weighted by atomic mass is 19.1. The van der Waals surface area contributed by atoms with Crippen LogP contribution in [-0.2, 0) is 23.2 Å². The highest BCUT2D eigenvalue weighted by Gasteiger charge is 2.44. The molecule has 1 fully saturated rings. The van der Waals surface area contributed by atoms with Gasteiger partial charge in [0, 0.05) is 12.0 Å². The second-order valence-corrected chi connectivity index (χ2v) is 9.17. The van der Waals surface area contributed by atoms with Gasteiger partial charge in [-0.05, 0) is 54.0 Å². The van der Waals surface area contributed by atoms with Crippen molar-refractivity contribution in [1.82, 2.24) is 15.5 Å². The Balaban J connectivity index is 1.42. The molecule has 0 bridgehead atoms. The van der Waals surface area contributed by atoms with Crippen LogP contribution >= 0.6 is 0 Å². The summed E-state index contributed by atoms with van der Waals surface area (Å²) in [7, 11) is 0. The molecule has 1 aliphatic rings.